The average molecular weight is 211 g/mol. The number of ether oxygens (including phenoxy) is 1. The summed E-state index contributed by atoms with van der Waals surface area (Å²) in [5.41, 5.74) is 6.99. The molecule has 0 aliphatic rings. The van der Waals surface area contributed by atoms with Gasteiger partial charge in [0.15, 0.2) is 0 Å². The predicted molar refractivity (Wildman–Crippen MR) is 59.9 cm³/mol. The van der Waals surface area contributed by atoms with Crippen LogP contribution in [0.15, 0.2) is 18.2 Å². The molecule has 84 valence electrons. The van der Waals surface area contributed by atoms with Crippen LogP contribution in [0.1, 0.15) is 25.8 Å². The largest absolute Gasteiger partial charge is 0.398 e. The molecule has 0 aromatic heterocycles. The Labute approximate surface area is 90.2 Å². The van der Waals surface area contributed by atoms with Crippen LogP contribution in [0.4, 0.5) is 10.1 Å². The summed E-state index contributed by atoms with van der Waals surface area (Å²) < 4.78 is 18.3. The summed E-state index contributed by atoms with van der Waals surface area (Å²) in [4.78, 5) is 0. The van der Waals surface area contributed by atoms with E-state index in [0.717, 1.165) is 12.0 Å². The molecule has 3 heteroatoms. The molecule has 0 amide bonds. The average Bonchev–Trinajstić information content (AvgIpc) is 2.17. The lowest BCUT2D eigenvalue weighted by Crippen LogP contribution is -2.02. The molecular weight excluding hydrogens is 193 g/mol. The Kier molecular flexibility index (Phi) is 4.56. The second-order valence-corrected chi connectivity index (χ2v) is 4.08. The van der Waals surface area contributed by atoms with Crippen LogP contribution in [0.5, 0.6) is 0 Å². The molecular formula is C12H18FNO. The smallest absolute Gasteiger partial charge is 0.123 e. The number of halogens is 1. The quantitative estimate of drug-likeness (QED) is 0.600. The molecule has 2 N–H and O–H groups in total. The third-order valence-corrected chi connectivity index (χ3v) is 2.20. The van der Waals surface area contributed by atoms with Crippen molar-refractivity contribution >= 4 is 5.69 Å². The van der Waals surface area contributed by atoms with Crippen molar-refractivity contribution in [2.75, 3.05) is 12.3 Å². The maximum atomic E-state index is 12.9. The van der Waals surface area contributed by atoms with Gasteiger partial charge in [-0.25, -0.2) is 4.39 Å². The molecule has 1 aromatic rings. The minimum Gasteiger partial charge on any atom is -0.398 e. The monoisotopic (exact) mass is 211 g/mol. The van der Waals surface area contributed by atoms with Crippen molar-refractivity contribution in [2.45, 2.75) is 26.9 Å². The van der Waals surface area contributed by atoms with Crippen molar-refractivity contribution in [1.29, 1.82) is 0 Å². The molecule has 0 bridgehead atoms. The Morgan fingerprint density at radius 2 is 2.13 bits per heavy atom. The van der Waals surface area contributed by atoms with Crippen LogP contribution in [-0.2, 0) is 11.3 Å². The molecule has 2 nitrogen and oxygen atoms in total. The summed E-state index contributed by atoms with van der Waals surface area (Å²) in [5, 5.41) is 0. The maximum Gasteiger partial charge on any atom is 0.123 e. The highest BCUT2D eigenvalue weighted by atomic mass is 19.1. The Bertz CT molecular complexity index is 312. The summed E-state index contributed by atoms with van der Waals surface area (Å²) in [6.07, 6.45) is 1.01. The van der Waals surface area contributed by atoms with Gasteiger partial charge >= 0.3 is 0 Å². The first kappa shape index (κ1) is 12.0. The summed E-state index contributed by atoms with van der Waals surface area (Å²) in [6, 6.07) is 4.34. The first-order valence-electron chi connectivity index (χ1n) is 5.21. The molecule has 1 rings (SSSR count). The van der Waals surface area contributed by atoms with Crippen molar-refractivity contribution in [3.05, 3.63) is 29.6 Å². The first-order chi connectivity index (χ1) is 7.09. The van der Waals surface area contributed by atoms with Crippen molar-refractivity contribution in [3.63, 3.8) is 0 Å². The Morgan fingerprint density at radius 1 is 1.40 bits per heavy atom. The molecule has 0 fully saturated rings. The molecule has 0 aliphatic heterocycles. The molecule has 0 saturated carbocycles. The summed E-state index contributed by atoms with van der Waals surface area (Å²) >= 11 is 0. The molecule has 15 heavy (non-hydrogen) atoms. The zero-order valence-corrected chi connectivity index (χ0v) is 9.29. The van der Waals surface area contributed by atoms with Crippen molar-refractivity contribution in [1.82, 2.24) is 0 Å². The zero-order valence-electron chi connectivity index (χ0n) is 9.29. The van der Waals surface area contributed by atoms with E-state index in [4.69, 9.17) is 10.5 Å². The highest BCUT2D eigenvalue weighted by molar-refractivity contribution is 5.46. The van der Waals surface area contributed by atoms with Crippen molar-refractivity contribution in [3.8, 4) is 0 Å². The van der Waals surface area contributed by atoms with Gasteiger partial charge in [0.05, 0.1) is 6.61 Å². The first-order valence-corrected chi connectivity index (χ1v) is 5.21. The number of anilines is 1. The number of rotatable bonds is 5. The SMILES string of the molecule is CC(C)CCOCc1cc(F)ccc1N. The van der Waals surface area contributed by atoms with E-state index in [2.05, 4.69) is 13.8 Å². The standard InChI is InChI=1S/C12H18FNO/c1-9(2)5-6-15-8-10-7-11(13)3-4-12(10)14/h3-4,7,9H,5-6,8,14H2,1-2H3. The number of hydrogen-bond donors (Lipinski definition) is 1. The van der Waals surface area contributed by atoms with Gasteiger partial charge in [-0.15, -0.1) is 0 Å². The Balaban J connectivity index is 2.40. The van der Waals surface area contributed by atoms with Crippen LogP contribution in [0.2, 0.25) is 0 Å². The van der Waals surface area contributed by atoms with Crippen LogP contribution >= 0.6 is 0 Å². The van der Waals surface area contributed by atoms with E-state index in [1.165, 1.54) is 12.1 Å². The molecule has 0 radical (unpaired) electrons. The number of nitrogens with two attached hydrogens (primary N) is 1. The molecule has 0 aliphatic carbocycles. The fourth-order valence-corrected chi connectivity index (χ4v) is 1.20. The van der Waals surface area contributed by atoms with Gasteiger partial charge in [0.2, 0.25) is 0 Å². The summed E-state index contributed by atoms with van der Waals surface area (Å²) in [6.45, 7) is 5.35. The van der Waals surface area contributed by atoms with Crippen LogP contribution in [-0.4, -0.2) is 6.61 Å². The topological polar surface area (TPSA) is 35.2 Å². The fraction of sp³-hybridized carbons (Fsp3) is 0.500. The van der Waals surface area contributed by atoms with Crippen molar-refractivity contribution < 1.29 is 9.13 Å². The van der Waals surface area contributed by atoms with Gasteiger partial charge < -0.3 is 10.5 Å². The number of nitrogen functional groups attached to an aromatic ring is 1. The van der Waals surface area contributed by atoms with Gasteiger partial charge in [-0.05, 0) is 30.5 Å². The number of benzene rings is 1. The zero-order chi connectivity index (χ0) is 11.3. The van der Waals surface area contributed by atoms with E-state index in [9.17, 15) is 4.39 Å². The maximum absolute atomic E-state index is 12.9. The van der Waals surface area contributed by atoms with Crippen LogP contribution in [0.3, 0.4) is 0 Å². The fourth-order valence-electron chi connectivity index (χ4n) is 1.20. The van der Waals surface area contributed by atoms with E-state index < -0.39 is 0 Å². The van der Waals surface area contributed by atoms with Gasteiger partial charge in [-0.3, -0.25) is 0 Å². The summed E-state index contributed by atoms with van der Waals surface area (Å²) in [7, 11) is 0. The second-order valence-electron chi connectivity index (χ2n) is 4.08. The van der Waals surface area contributed by atoms with Crippen molar-refractivity contribution in [2.24, 2.45) is 5.92 Å². The molecule has 0 saturated heterocycles. The minimum atomic E-state index is -0.272. The lowest BCUT2D eigenvalue weighted by atomic mass is 10.1. The number of hydrogen-bond acceptors (Lipinski definition) is 2. The third kappa shape index (κ3) is 4.30. The predicted octanol–water partition coefficient (Wildman–Crippen LogP) is 2.97. The van der Waals surface area contributed by atoms with Crippen LogP contribution < -0.4 is 5.73 Å². The van der Waals surface area contributed by atoms with E-state index >= 15 is 0 Å². The van der Waals surface area contributed by atoms with E-state index in [1.54, 1.807) is 6.07 Å². The third-order valence-electron chi connectivity index (χ3n) is 2.20. The lowest BCUT2D eigenvalue weighted by molar-refractivity contribution is 0.111. The van der Waals surface area contributed by atoms with E-state index in [0.29, 0.717) is 24.8 Å². The highest BCUT2D eigenvalue weighted by Gasteiger charge is 2.01. The molecule has 0 atom stereocenters. The Hall–Kier alpha value is -1.09. The van der Waals surface area contributed by atoms with Gasteiger partial charge in [-0.2, -0.15) is 0 Å². The molecule has 0 heterocycles. The van der Waals surface area contributed by atoms with Gasteiger partial charge in [0, 0.05) is 17.9 Å². The van der Waals surface area contributed by atoms with E-state index in [-0.39, 0.29) is 5.82 Å². The Morgan fingerprint density at radius 3 is 2.80 bits per heavy atom. The summed E-state index contributed by atoms with van der Waals surface area (Å²) in [5.74, 6) is 0.349. The molecule has 0 spiro atoms. The molecule has 0 unspecified atom stereocenters. The van der Waals surface area contributed by atoms with Gasteiger partial charge in [0.1, 0.15) is 5.82 Å². The minimum absolute atomic E-state index is 0.272. The van der Waals surface area contributed by atoms with Gasteiger partial charge in [0.25, 0.3) is 0 Å². The van der Waals surface area contributed by atoms with Gasteiger partial charge in [-0.1, -0.05) is 13.8 Å². The van der Waals surface area contributed by atoms with Crippen LogP contribution in [0.25, 0.3) is 0 Å². The van der Waals surface area contributed by atoms with E-state index in [1.807, 2.05) is 0 Å². The highest BCUT2D eigenvalue weighted by Crippen LogP contribution is 2.14. The van der Waals surface area contributed by atoms with Crippen LogP contribution in [0, 0.1) is 11.7 Å². The molecule has 1 aromatic carbocycles. The second kappa shape index (κ2) is 5.71. The normalized spacial score (nSPS) is 10.9. The lowest BCUT2D eigenvalue weighted by Gasteiger charge is -2.08.